The topological polar surface area (TPSA) is 23.5 Å². The quantitative estimate of drug-likeness (QED) is 0.810. The molecule has 1 aromatic carbocycles. The second-order valence-corrected chi connectivity index (χ2v) is 4.25. The highest BCUT2D eigenvalue weighted by molar-refractivity contribution is 5.35. The van der Waals surface area contributed by atoms with Gasteiger partial charge in [-0.2, -0.15) is 0 Å². The van der Waals surface area contributed by atoms with E-state index in [2.05, 4.69) is 41.0 Å². The maximum Gasteiger partial charge on any atom is 0.0679 e. The first kappa shape index (κ1) is 14.8. The lowest BCUT2D eigenvalue weighted by Gasteiger charge is -2.14. The zero-order valence-corrected chi connectivity index (χ0v) is 11.6. The van der Waals surface area contributed by atoms with Crippen LogP contribution in [0.2, 0.25) is 0 Å². The second-order valence-electron chi connectivity index (χ2n) is 4.25. The molecule has 1 unspecified atom stereocenters. The van der Waals surface area contributed by atoms with E-state index in [0.29, 0.717) is 0 Å². The molecule has 0 radical (unpaired) electrons. The number of aliphatic hydroxyl groups is 1. The van der Waals surface area contributed by atoms with Gasteiger partial charge in [-0.15, -0.1) is 5.92 Å². The molecule has 0 aliphatic carbocycles. The van der Waals surface area contributed by atoms with Crippen LogP contribution in [0.1, 0.15) is 38.3 Å². The van der Waals surface area contributed by atoms with Crippen LogP contribution in [0, 0.1) is 11.8 Å². The Kier molecular flexibility index (Phi) is 6.49. The summed E-state index contributed by atoms with van der Waals surface area (Å²) in [7, 11) is 0. The molecule has 1 heterocycles. The maximum atomic E-state index is 9.43. The van der Waals surface area contributed by atoms with Crippen LogP contribution < -0.4 is 0 Å². The molecule has 0 saturated carbocycles. The zero-order chi connectivity index (χ0) is 13.4. The number of hydrogen-bond donors (Lipinski definition) is 1. The summed E-state index contributed by atoms with van der Waals surface area (Å²) in [6, 6.07) is 8.34. The fourth-order valence-corrected chi connectivity index (χ4v) is 2.05. The van der Waals surface area contributed by atoms with Gasteiger partial charge in [0.15, 0.2) is 0 Å². The highest BCUT2D eigenvalue weighted by atomic mass is 16.3. The fraction of sp³-hybridized carbons (Fsp3) is 0.500. The summed E-state index contributed by atoms with van der Waals surface area (Å²) >= 11 is 0. The fourth-order valence-electron chi connectivity index (χ4n) is 2.05. The van der Waals surface area contributed by atoms with E-state index < -0.39 is 0 Å². The minimum absolute atomic E-state index is 0.134. The van der Waals surface area contributed by atoms with Gasteiger partial charge in [0.1, 0.15) is 0 Å². The predicted octanol–water partition coefficient (Wildman–Crippen LogP) is 2.65. The summed E-state index contributed by atoms with van der Waals surface area (Å²) in [6.07, 6.45) is 0.768. The van der Waals surface area contributed by atoms with Crippen LogP contribution >= 0.6 is 0 Å². The van der Waals surface area contributed by atoms with Crippen molar-refractivity contribution in [1.82, 2.24) is 4.90 Å². The van der Waals surface area contributed by atoms with Crippen LogP contribution in [0.4, 0.5) is 0 Å². The molecule has 0 aromatic heterocycles. The minimum atomic E-state index is -0.134. The van der Waals surface area contributed by atoms with Crippen molar-refractivity contribution >= 4 is 0 Å². The third kappa shape index (κ3) is 4.52. The normalized spacial score (nSPS) is 18.6. The van der Waals surface area contributed by atoms with Gasteiger partial charge in [-0.05, 0) is 31.0 Å². The van der Waals surface area contributed by atoms with Gasteiger partial charge in [0.2, 0.25) is 0 Å². The molecule has 1 saturated heterocycles. The number of hydrogen-bond acceptors (Lipinski definition) is 2. The Hall–Kier alpha value is -1.30. The molecule has 0 spiro atoms. The van der Waals surface area contributed by atoms with Crippen LogP contribution in [-0.2, 0) is 6.54 Å². The zero-order valence-electron chi connectivity index (χ0n) is 11.6. The van der Waals surface area contributed by atoms with Gasteiger partial charge in [-0.3, -0.25) is 4.90 Å². The molecule has 0 amide bonds. The van der Waals surface area contributed by atoms with Crippen LogP contribution in [0.5, 0.6) is 0 Å². The molecular formula is C16H23NO. The summed E-state index contributed by atoms with van der Waals surface area (Å²) in [6.45, 7) is 8.57. The van der Waals surface area contributed by atoms with Gasteiger partial charge in [0.05, 0.1) is 6.10 Å². The molecule has 18 heavy (non-hydrogen) atoms. The number of likely N-dealkylation sites (tertiary alicyclic amines) is 1. The Morgan fingerprint density at radius 2 is 1.94 bits per heavy atom. The molecule has 1 aliphatic heterocycles. The standard InChI is InChI=1S/C14H17NO.C2H6/c1-2-3-12-4-6-13(7-5-12)10-15-9-8-14(16)11-15;1-2/h4-7,14,16H,8-11H2,1H3;1-2H3. The summed E-state index contributed by atoms with van der Waals surface area (Å²) in [5.41, 5.74) is 2.35. The van der Waals surface area contributed by atoms with Crippen molar-refractivity contribution in [2.45, 2.75) is 39.8 Å². The van der Waals surface area contributed by atoms with E-state index in [1.54, 1.807) is 0 Å². The molecule has 2 heteroatoms. The molecule has 0 bridgehead atoms. The molecule has 1 fully saturated rings. The first-order chi connectivity index (χ1) is 8.78. The van der Waals surface area contributed by atoms with Gasteiger partial charge in [-0.25, -0.2) is 0 Å². The summed E-state index contributed by atoms with van der Waals surface area (Å²) in [4.78, 5) is 2.28. The Morgan fingerprint density at radius 3 is 2.44 bits per heavy atom. The lowest BCUT2D eigenvalue weighted by Crippen LogP contribution is -2.21. The SMILES string of the molecule is CC.CC#Cc1ccc(CN2CCC(O)C2)cc1. The third-order valence-electron chi connectivity index (χ3n) is 2.88. The predicted molar refractivity (Wildman–Crippen MR) is 76.2 cm³/mol. The molecule has 1 N–H and O–H groups in total. The van der Waals surface area contributed by atoms with Gasteiger partial charge in [-0.1, -0.05) is 31.9 Å². The summed E-state index contributed by atoms with van der Waals surface area (Å²) in [5, 5.41) is 9.43. The van der Waals surface area contributed by atoms with Crippen LogP contribution in [-0.4, -0.2) is 29.2 Å². The van der Waals surface area contributed by atoms with E-state index in [-0.39, 0.29) is 6.10 Å². The number of β-amino-alcohol motifs (C(OH)–C–C–N with tert-alkyl or cyclic N) is 1. The van der Waals surface area contributed by atoms with Crippen molar-refractivity contribution < 1.29 is 5.11 Å². The first-order valence-corrected chi connectivity index (χ1v) is 6.70. The number of rotatable bonds is 2. The number of aliphatic hydroxyl groups excluding tert-OH is 1. The average molecular weight is 245 g/mol. The molecule has 1 aliphatic rings. The highest BCUT2D eigenvalue weighted by Crippen LogP contribution is 2.13. The maximum absolute atomic E-state index is 9.43. The van der Waals surface area contributed by atoms with E-state index in [4.69, 9.17) is 0 Å². The van der Waals surface area contributed by atoms with E-state index in [0.717, 1.165) is 31.6 Å². The second kappa shape index (κ2) is 7.92. The van der Waals surface area contributed by atoms with Crippen molar-refractivity contribution in [3.63, 3.8) is 0 Å². The summed E-state index contributed by atoms with van der Waals surface area (Å²) < 4.78 is 0. The Morgan fingerprint density at radius 1 is 1.28 bits per heavy atom. The van der Waals surface area contributed by atoms with Crippen molar-refractivity contribution in [3.05, 3.63) is 35.4 Å². The van der Waals surface area contributed by atoms with Gasteiger partial charge < -0.3 is 5.11 Å². The van der Waals surface area contributed by atoms with Crippen molar-refractivity contribution in [1.29, 1.82) is 0 Å². The Balaban J connectivity index is 0.000000771. The molecule has 98 valence electrons. The van der Waals surface area contributed by atoms with Gasteiger partial charge in [0, 0.05) is 25.2 Å². The van der Waals surface area contributed by atoms with Crippen molar-refractivity contribution in [3.8, 4) is 11.8 Å². The lowest BCUT2D eigenvalue weighted by molar-refractivity contribution is 0.175. The highest BCUT2D eigenvalue weighted by Gasteiger charge is 2.19. The number of benzene rings is 1. The lowest BCUT2D eigenvalue weighted by atomic mass is 10.1. The monoisotopic (exact) mass is 245 g/mol. The largest absolute Gasteiger partial charge is 0.392 e. The van der Waals surface area contributed by atoms with Crippen molar-refractivity contribution in [2.75, 3.05) is 13.1 Å². The molecular weight excluding hydrogens is 222 g/mol. The molecule has 2 rings (SSSR count). The summed E-state index contributed by atoms with van der Waals surface area (Å²) in [5.74, 6) is 5.92. The van der Waals surface area contributed by atoms with Crippen LogP contribution in [0.3, 0.4) is 0 Å². The first-order valence-electron chi connectivity index (χ1n) is 6.70. The van der Waals surface area contributed by atoms with E-state index in [1.807, 2.05) is 20.8 Å². The van der Waals surface area contributed by atoms with Crippen molar-refractivity contribution in [2.24, 2.45) is 0 Å². The van der Waals surface area contributed by atoms with E-state index in [1.165, 1.54) is 5.56 Å². The van der Waals surface area contributed by atoms with Gasteiger partial charge >= 0.3 is 0 Å². The van der Waals surface area contributed by atoms with E-state index >= 15 is 0 Å². The minimum Gasteiger partial charge on any atom is -0.392 e. The van der Waals surface area contributed by atoms with Crippen LogP contribution in [0.25, 0.3) is 0 Å². The molecule has 2 nitrogen and oxygen atoms in total. The van der Waals surface area contributed by atoms with Gasteiger partial charge in [0.25, 0.3) is 0 Å². The molecule has 1 aromatic rings. The smallest absolute Gasteiger partial charge is 0.0679 e. The molecule has 1 atom stereocenters. The average Bonchev–Trinajstić information content (AvgIpc) is 2.80. The van der Waals surface area contributed by atoms with E-state index in [9.17, 15) is 5.11 Å². The Labute approximate surface area is 111 Å². The van der Waals surface area contributed by atoms with Crippen LogP contribution in [0.15, 0.2) is 24.3 Å². The third-order valence-corrected chi connectivity index (χ3v) is 2.88. The number of nitrogens with zero attached hydrogens (tertiary/aromatic N) is 1. The Bertz CT molecular complexity index is 399.